The Morgan fingerprint density at radius 1 is 1.04 bits per heavy atom. The van der Waals surface area contributed by atoms with Gasteiger partial charge in [0.15, 0.2) is 5.96 Å². The minimum absolute atomic E-state index is 0.102. The molecule has 0 amide bonds. The van der Waals surface area contributed by atoms with Crippen molar-refractivity contribution in [3.63, 3.8) is 0 Å². The van der Waals surface area contributed by atoms with Gasteiger partial charge in [-0.15, -0.1) is 0 Å². The Hall–Kier alpha value is -2.90. The van der Waals surface area contributed by atoms with Crippen LogP contribution in [0.3, 0.4) is 0 Å². The average molecular weight is 378 g/mol. The van der Waals surface area contributed by atoms with Gasteiger partial charge < -0.3 is 20.3 Å². The lowest BCUT2D eigenvalue weighted by Crippen LogP contribution is -2.51. The zero-order valence-corrected chi connectivity index (χ0v) is 14.7. The van der Waals surface area contributed by atoms with Crippen molar-refractivity contribution < 1.29 is 17.9 Å². The van der Waals surface area contributed by atoms with Gasteiger partial charge in [0.1, 0.15) is 11.6 Å². The minimum Gasteiger partial charge on any atom is -0.434 e. The first-order valence-electron chi connectivity index (χ1n) is 8.61. The van der Waals surface area contributed by atoms with Crippen molar-refractivity contribution in [1.82, 2.24) is 4.90 Å². The van der Waals surface area contributed by atoms with Crippen LogP contribution in [0.1, 0.15) is 5.56 Å². The molecule has 2 N–H and O–H groups in total. The molecule has 8 heteroatoms. The number of piperazine rings is 1. The first kappa shape index (κ1) is 18.9. The SMILES string of the molecule is NC(=NCc1ccccc1OC(F)F)N1CCN(c2ccc(F)cc2)CC1. The van der Waals surface area contributed by atoms with Gasteiger partial charge in [0, 0.05) is 37.4 Å². The lowest BCUT2D eigenvalue weighted by Gasteiger charge is -2.36. The van der Waals surface area contributed by atoms with Crippen LogP contribution in [0.5, 0.6) is 5.75 Å². The lowest BCUT2D eigenvalue weighted by molar-refractivity contribution is -0.0504. The summed E-state index contributed by atoms with van der Waals surface area (Å²) < 4.78 is 42.5. The maximum atomic E-state index is 13.0. The van der Waals surface area contributed by atoms with E-state index in [2.05, 4.69) is 14.6 Å². The normalized spacial score (nSPS) is 15.3. The topological polar surface area (TPSA) is 54.1 Å². The average Bonchev–Trinajstić information content (AvgIpc) is 2.67. The van der Waals surface area contributed by atoms with Gasteiger partial charge in [-0.05, 0) is 30.3 Å². The molecule has 1 aliphatic rings. The number of para-hydroxylation sites is 1. The first-order valence-corrected chi connectivity index (χ1v) is 8.61. The highest BCUT2D eigenvalue weighted by atomic mass is 19.3. The number of guanidine groups is 1. The molecule has 2 aromatic rings. The van der Waals surface area contributed by atoms with Crippen LogP contribution in [0.15, 0.2) is 53.5 Å². The third-order valence-corrected chi connectivity index (χ3v) is 4.40. The van der Waals surface area contributed by atoms with E-state index in [1.165, 1.54) is 18.2 Å². The van der Waals surface area contributed by atoms with Crippen molar-refractivity contribution in [2.24, 2.45) is 10.7 Å². The maximum Gasteiger partial charge on any atom is 0.387 e. The Bertz CT molecular complexity index is 775. The Kier molecular flexibility index (Phi) is 6.05. The molecule has 0 spiro atoms. The molecule has 1 heterocycles. The second kappa shape index (κ2) is 8.66. The van der Waals surface area contributed by atoms with Gasteiger partial charge in [-0.25, -0.2) is 9.38 Å². The van der Waals surface area contributed by atoms with Crippen LogP contribution in [0, 0.1) is 5.82 Å². The van der Waals surface area contributed by atoms with Crippen molar-refractivity contribution in [1.29, 1.82) is 0 Å². The highest BCUT2D eigenvalue weighted by molar-refractivity contribution is 5.78. The van der Waals surface area contributed by atoms with Crippen LogP contribution in [0.25, 0.3) is 0 Å². The molecular weight excluding hydrogens is 357 g/mol. The summed E-state index contributed by atoms with van der Waals surface area (Å²) >= 11 is 0. The summed E-state index contributed by atoms with van der Waals surface area (Å²) in [6, 6.07) is 12.9. The summed E-state index contributed by atoms with van der Waals surface area (Å²) in [5.74, 6) is 0.204. The van der Waals surface area contributed by atoms with Crippen molar-refractivity contribution >= 4 is 11.6 Å². The van der Waals surface area contributed by atoms with Crippen molar-refractivity contribution in [3.8, 4) is 5.75 Å². The van der Waals surface area contributed by atoms with Gasteiger partial charge in [-0.3, -0.25) is 0 Å². The molecule has 1 saturated heterocycles. The maximum absolute atomic E-state index is 13.0. The molecule has 0 radical (unpaired) electrons. The van der Waals surface area contributed by atoms with E-state index >= 15 is 0 Å². The number of rotatable bonds is 5. The second-order valence-electron chi connectivity index (χ2n) is 6.11. The lowest BCUT2D eigenvalue weighted by atomic mass is 10.2. The van der Waals surface area contributed by atoms with Crippen LogP contribution in [0.4, 0.5) is 18.9 Å². The first-order chi connectivity index (χ1) is 13.0. The standard InChI is InChI=1S/C19H21F3N4O/c20-15-5-7-16(8-6-15)25-9-11-26(12-10-25)19(23)24-13-14-3-1-2-4-17(14)27-18(21)22/h1-8,18H,9-13H2,(H2,23,24). The number of nitrogens with zero attached hydrogens (tertiary/aromatic N) is 3. The van der Waals surface area contributed by atoms with Crippen molar-refractivity contribution in [2.45, 2.75) is 13.2 Å². The molecule has 0 unspecified atom stereocenters. The number of aliphatic imine (C=N–C) groups is 1. The summed E-state index contributed by atoms with van der Waals surface area (Å²) in [6.45, 7) is 0.0725. The van der Waals surface area contributed by atoms with E-state index in [0.717, 1.165) is 18.8 Å². The molecule has 3 rings (SSSR count). The molecule has 5 nitrogen and oxygen atoms in total. The van der Waals surface area contributed by atoms with Gasteiger partial charge in [-0.1, -0.05) is 18.2 Å². The monoisotopic (exact) mass is 378 g/mol. The number of hydrogen-bond acceptors (Lipinski definition) is 3. The quantitative estimate of drug-likeness (QED) is 0.642. The van der Waals surface area contributed by atoms with Gasteiger partial charge in [-0.2, -0.15) is 8.78 Å². The number of halogens is 3. The molecule has 0 atom stereocenters. The third kappa shape index (κ3) is 5.06. The summed E-state index contributed by atoms with van der Waals surface area (Å²) in [5, 5.41) is 0. The molecule has 0 aromatic heterocycles. The van der Waals surface area contributed by atoms with Crippen LogP contribution >= 0.6 is 0 Å². The molecule has 27 heavy (non-hydrogen) atoms. The minimum atomic E-state index is -2.88. The number of ether oxygens (including phenoxy) is 1. The summed E-state index contributed by atoms with van der Waals surface area (Å²) in [7, 11) is 0. The summed E-state index contributed by atoms with van der Waals surface area (Å²) in [4.78, 5) is 8.41. The number of benzene rings is 2. The Balaban J connectivity index is 1.58. The van der Waals surface area contributed by atoms with E-state index in [1.807, 2.05) is 4.90 Å². The number of anilines is 1. The van der Waals surface area contributed by atoms with E-state index in [9.17, 15) is 13.2 Å². The molecule has 0 bridgehead atoms. The number of nitrogens with two attached hydrogens (primary N) is 1. The molecule has 2 aromatic carbocycles. The van der Waals surface area contributed by atoms with Crippen molar-refractivity contribution in [2.75, 3.05) is 31.1 Å². The zero-order valence-electron chi connectivity index (χ0n) is 14.7. The molecule has 144 valence electrons. The van der Waals surface area contributed by atoms with E-state index in [4.69, 9.17) is 5.73 Å². The number of hydrogen-bond donors (Lipinski definition) is 1. The highest BCUT2D eigenvalue weighted by Gasteiger charge is 2.18. The smallest absolute Gasteiger partial charge is 0.387 e. The Labute approximate surface area is 155 Å². The van der Waals surface area contributed by atoms with Gasteiger partial charge in [0.25, 0.3) is 0 Å². The molecule has 1 fully saturated rings. The van der Waals surface area contributed by atoms with Crippen molar-refractivity contribution in [3.05, 3.63) is 59.9 Å². The van der Waals surface area contributed by atoms with E-state index in [0.29, 0.717) is 24.6 Å². The molecule has 0 saturated carbocycles. The van der Waals surface area contributed by atoms with Gasteiger partial charge >= 0.3 is 6.61 Å². The Morgan fingerprint density at radius 2 is 1.70 bits per heavy atom. The fourth-order valence-corrected chi connectivity index (χ4v) is 2.96. The van der Waals surface area contributed by atoms with Crippen LogP contribution < -0.4 is 15.4 Å². The van der Waals surface area contributed by atoms with Gasteiger partial charge in [0.2, 0.25) is 0 Å². The van der Waals surface area contributed by atoms with E-state index < -0.39 is 6.61 Å². The molecular formula is C19H21F3N4O. The van der Waals surface area contributed by atoms with E-state index in [-0.39, 0.29) is 18.1 Å². The molecule has 0 aliphatic carbocycles. The highest BCUT2D eigenvalue weighted by Crippen LogP contribution is 2.21. The number of alkyl halides is 2. The predicted octanol–water partition coefficient (Wildman–Crippen LogP) is 3.06. The largest absolute Gasteiger partial charge is 0.434 e. The predicted molar refractivity (Wildman–Crippen MR) is 98.6 cm³/mol. The summed E-state index contributed by atoms with van der Waals surface area (Å²) in [6.07, 6.45) is 0. The van der Waals surface area contributed by atoms with Crippen LogP contribution in [0.2, 0.25) is 0 Å². The van der Waals surface area contributed by atoms with Crippen LogP contribution in [-0.4, -0.2) is 43.6 Å². The van der Waals surface area contributed by atoms with Crippen LogP contribution in [-0.2, 0) is 6.54 Å². The third-order valence-electron chi connectivity index (χ3n) is 4.40. The summed E-state index contributed by atoms with van der Waals surface area (Å²) in [5.41, 5.74) is 7.58. The second-order valence-corrected chi connectivity index (χ2v) is 6.11. The molecule has 1 aliphatic heterocycles. The fraction of sp³-hybridized carbons (Fsp3) is 0.316. The van der Waals surface area contributed by atoms with E-state index in [1.54, 1.807) is 30.3 Å². The zero-order chi connectivity index (χ0) is 19.2. The fourth-order valence-electron chi connectivity index (χ4n) is 2.96. The Morgan fingerprint density at radius 3 is 2.37 bits per heavy atom. The van der Waals surface area contributed by atoms with Gasteiger partial charge in [0.05, 0.1) is 6.54 Å².